The summed E-state index contributed by atoms with van der Waals surface area (Å²) in [5.74, 6) is -1.41. The molecule has 1 aromatic heterocycles. The molecule has 1 N–H and O–H groups in total. The molecule has 0 saturated heterocycles. The summed E-state index contributed by atoms with van der Waals surface area (Å²) in [5.41, 5.74) is 1.37. The Morgan fingerprint density at radius 2 is 2.18 bits per heavy atom. The van der Waals surface area contributed by atoms with E-state index in [-0.39, 0.29) is 12.0 Å². The number of nitriles is 2. The van der Waals surface area contributed by atoms with Crippen LogP contribution < -0.4 is 5.32 Å². The molecule has 0 aliphatic carbocycles. The monoisotopic (exact) mass is 397 g/mol. The Kier molecular flexibility index (Phi) is 7.32. The molecule has 9 heteroatoms. The minimum absolute atomic E-state index is 0.249. The van der Waals surface area contributed by atoms with Gasteiger partial charge in [-0.15, -0.1) is 0 Å². The summed E-state index contributed by atoms with van der Waals surface area (Å²) in [4.78, 5) is 23.3. The van der Waals surface area contributed by atoms with Crippen molar-refractivity contribution in [1.29, 1.82) is 10.5 Å². The summed E-state index contributed by atoms with van der Waals surface area (Å²) in [7, 11) is 1.41. The van der Waals surface area contributed by atoms with Crippen molar-refractivity contribution in [2.24, 2.45) is 0 Å². The zero-order valence-electron chi connectivity index (χ0n) is 15.0. The average Bonchev–Trinajstić information content (AvgIpc) is 3.11. The Morgan fingerprint density at radius 1 is 1.39 bits per heavy atom. The fourth-order valence-corrected chi connectivity index (χ4v) is 2.45. The molecule has 28 heavy (non-hydrogen) atoms. The Bertz CT molecular complexity index is 998. The van der Waals surface area contributed by atoms with Gasteiger partial charge in [0, 0.05) is 29.4 Å². The number of aryl methyl sites for hydroxylation is 1. The first-order valence-corrected chi connectivity index (χ1v) is 8.56. The van der Waals surface area contributed by atoms with E-state index in [0.717, 1.165) is 0 Å². The van der Waals surface area contributed by atoms with Crippen LogP contribution in [0.15, 0.2) is 36.0 Å². The minimum Gasteiger partial charge on any atom is -0.451 e. The maximum atomic E-state index is 12.1. The highest BCUT2D eigenvalue weighted by molar-refractivity contribution is 6.30. The molecule has 0 bridgehead atoms. The van der Waals surface area contributed by atoms with Gasteiger partial charge in [0.1, 0.15) is 11.6 Å². The normalized spacial score (nSPS) is 10.6. The average molecular weight is 398 g/mol. The van der Waals surface area contributed by atoms with Gasteiger partial charge in [-0.2, -0.15) is 15.6 Å². The van der Waals surface area contributed by atoms with Gasteiger partial charge >= 0.3 is 5.97 Å². The number of ether oxygens (including phenoxy) is 1. The van der Waals surface area contributed by atoms with Crippen LogP contribution in [0.1, 0.15) is 12.0 Å². The molecule has 1 aromatic carbocycles. The number of aromatic nitrogens is 2. The molecule has 0 unspecified atom stereocenters. The summed E-state index contributed by atoms with van der Waals surface area (Å²) in [5, 5.41) is 25.4. The number of hydrogen-bond acceptors (Lipinski definition) is 6. The van der Waals surface area contributed by atoms with Crippen molar-refractivity contribution < 1.29 is 14.3 Å². The molecule has 142 valence electrons. The van der Waals surface area contributed by atoms with Crippen LogP contribution in [0, 0.1) is 22.7 Å². The zero-order chi connectivity index (χ0) is 20.5. The maximum absolute atomic E-state index is 12.1. The number of amides is 1. The molecule has 2 aromatic rings. The predicted molar refractivity (Wildman–Crippen MR) is 102 cm³/mol. The van der Waals surface area contributed by atoms with Crippen LogP contribution in [0.2, 0.25) is 5.02 Å². The van der Waals surface area contributed by atoms with Gasteiger partial charge in [-0.1, -0.05) is 23.7 Å². The van der Waals surface area contributed by atoms with Crippen molar-refractivity contribution in [3.63, 3.8) is 0 Å². The topological polar surface area (TPSA) is 121 Å². The highest BCUT2D eigenvalue weighted by atomic mass is 35.5. The molecule has 1 heterocycles. The number of hydrogen-bond donors (Lipinski definition) is 1. The van der Waals surface area contributed by atoms with E-state index in [9.17, 15) is 14.9 Å². The third kappa shape index (κ3) is 5.44. The Hall–Kier alpha value is -3.62. The number of benzene rings is 1. The van der Waals surface area contributed by atoms with E-state index in [4.69, 9.17) is 21.6 Å². The van der Waals surface area contributed by atoms with Crippen LogP contribution in [0.25, 0.3) is 17.3 Å². The van der Waals surface area contributed by atoms with E-state index >= 15 is 0 Å². The van der Waals surface area contributed by atoms with E-state index < -0.39 is 18.5 Å². The van der Waals surface area contributed by atoms with Crippen molar-refractivity contribution in [3.05, 3.63) is 46.6 Å². The van der Waals surface area contributed by atoms with Gasteiger partial charge in [-0.05, 0) is 18.2 Å². The van der Waals surface area contributed by atoms with Gasteiger partial charge in [0.05, 0.1) is 24.7 Å². The quantitative estimate of drug-likeness (QED) is 0.434. The maximum Gasteiger partial charge on any atom is 0.349 e. The highest BCUT2D eigenvalue weighted by Gasteiger charge is 2.16. The van der Waals surface area contributed by atoms with Crippen molar-refractivity contribution in [3.8, 4) is 23.4 Å². The SMILES string of the molecule is CNC(=O)COC(=O)/C(C#N)=C/c1cn(CCC#N)nc1-c1cccc(Cl)c1. The smallest absolute Gasteiger partial charge is 0.349 e. The van der Waals surface area contributed by atoms with Crippen LogP contribution in [-0.2, 0) is 20.9 Å². The lowest BCUT2D eigenvalue weighted by Crippen LogP contribution is -2.25. The second kappa shape index (κ2) is 9.91. The fourth-order valence-electron chi connectivity index (χ4n) is 2.26. The van der Waals surface area contributed by atoms with Crippen molar-refractivity contribution >= 4 is 29.6 Å². The second-order valence-corrected chi connectivity index (χ2v) is 5.97. The Morgan fingerprint density at radius 3 is 2.82 bits per heavy atom. The number of likely N-dealkylation sites (N-methyl/N-ethyl adjacent to an activating group) is 1. The minimum atomic E-state index is -0.923. The van der Waals surface area contributed by atoms with Crippen molar-refractivity contribution in [2.75, 3.05) is 13.7 Å². The molecule has 8 nitrogen and oxygen atoms in total. The van der Waals surface area contributed by atoms with Gasteiger partial charge < -0.3 is 10.1 Å². The number of nitrogens with zero attached hydrogens (tertiary/aromatic N) is 4. The standard InChI is InChI=1S/C19H16ClN5O3/c1-23-17(26)12-28-19(27)14(10-22)8-15-11-25(7-3-6-21)24-18(15)13-4-2-5-16(20)9-13/h2,4-5,8-9,11H,3,7,12H2,1H3,(H,23,26)/b14-8+. The van der Waals surface area contributed by atoms with E-state index in [0.29, 0.717) is 28.4 Å². The molecule has 0 fully saturated rings. The van der Waals surface area contributed by atoms with Crippen LogP contribution in [0.4, 0.5) is 0 Å². The Labute approximate surface area is 166 Å². The molecule has 2 rings (SSSR count). The van der Waals surface area contributed by atoms with E-state index in [2.05, 4.69) is 10.4 Å². The first-order valence-electron chi connectivity index (χ1n) is 8.18. The lowest BCUT2D eigenvalue weighted by molar-refractivity contribution is -0.144. The van der Waals surface area contributed by atoms with Gasteiger partial charge in [0.2, 0.25) is 0 Å². The van der Waals surface area contributed by atoms with E-state index in [1.165, 1.54) is 13.1 Å². The first kappa shape index (κ1) is 20.7. The molecule has 0 saturated carbocycles. The number of rotatable bonds is 7. The first-order chi connectivity index (χ1) is 13.5. The molecule has 0 aliphatic rings. The Balaban J connectivity index is 2.41. The largest absolute Gasteiger partial charge is 0.451 e. The molecule has 0 spiro atoms. The summed E-state index contributed by atoms with van der Waals surface area (Å²) >= 11 is 6.05. The fraction of sp³-hybridized carbons (Fsp3) is 0.211. The van der Waals surface area contributed by atoms with Gasteiger partial charge in [-0.3, -0.25) is 9.48 Å². The third-order valence-electron chi connectivity index (χ3n) is 3.59. The lowest BCUT2D eigenvalue weighted by Gasteiger charge is -2.03. The molecule has 1 amide bonds. The molecule has 0 aliphatic heterocycles. The van der Waals surface area contributed by atoms with Gasteiger partial charge in [0.25, 0.3) is 5.91 Å². The number of halogens is 1. The van der Waals surface area contributed by atoms with E-state index in [1.54, 1.807) is 41.2 Å². The van der Waals surface area contributed by atoms with Crippen LogP contribution >= 0.6 is 11.6 Å². The van der Waals surface area contributed by atoms with Gasteiger partial charge in [-0.25, -0.2) is 4.79 Å². The van der Waals surface area contributed by atoms with Crippen LogP contribution in [0.5, 0.6) is 0 Å². The second-order valence-electron chi connectivity index (χ2n) is 5.53. The van der Waals surface area contributed by atoms with Crippen molar-refractivity contribution in [1.82, 2.24) is 15.1 Å². The summed E-state index contributed by atoms with van der Waals surface area (Å²) in [6.45, 7) is -0.141. The summed E-state index contributed by atoms with van der Waals surface area (Å²) in [6, 6.07) is 10.8. The van der Waals surface area contributed by atoms with E-state index in [1.807, 2.05) is 6.07 Å². The number of carbonyl (C=O) groups excluding carboxylic acids is 2. The summed E-state index contributed by atoms with van der Waals surface area (Å²) in [6.07, 6.45) is 3.20. The predicted octanol–water partition coefficient (Wildman–Crippen LogP) is 2.31. The summed E-state index contributed by atoms with van der Waals surface area (Å²) < 4.78 is 6.37. The van der Waals surface area contributed by atoms with Crippen LogP contribution in [-0.4, -0.2) is 35.3 Å². The molecular formula is C19H16ClN5O3. The number of carbonyl (C=O) groups is 2. The van der Waals surface area contributed by atoms with Gasteiger partial charge in [0.15, 0.2) is 6.61 Å². The molecule has 0 radical (unpaired) electrons. The highest BCUT2D eigenvalue weighted by Crippen LogP contribution is 2.26. The molecular weight excluding hydrogens is 382 g/mol. The number of nitrogens with one attached hydrogen (secondary N) is 1. The lowest BCUT2D eigenvalue weighted by atomic mass is 10.1. The third-order valence-corrected chi connectivity index (χ3v) is 3.83. The van der Waals surface area contributed by atoms with Crippen LogP contribution in [0.3, 0.4) is 0 Å². The molecule has 0 atom stereocenters. The van der Waals surface area contributed by atoms with Crippen molar-refractivity contribution in [2.45, 2.75) is 13.0 Å². The number of esters is 1. The zero-order valence-corrected chi connectivity index (χ0v) is 15.7.